The summed E-state index contributed by atoms with van der Waals surface area (Å²) >= 11 is 2.20. The second-order valence-electron chi connectivity index (χ2n) is 3.77. The van der Waals surface area contributed by atoms with Crippen molar-refractivity contribution in [1.29, 1.82) is 0 Å². The molecule has 3 heteroatoms. The Bertz CT molecular complexity index is 584. The molecule has 3 aromatic rings. The third-order valence-corrected chi connectivity index (χ3v) is 5.36. The molecule has 0 spiro atoms. The van der Waals surface area contributed by atoms with Crippen molar-refractivity contribution in [1.82, 2.24) is 4.98 Å². The third-order valence-electron chi connectivity index (χ3n) is 2.51. The van der Waals surface area contributed by atoms with Crippen molar-refractivity contribution in [2.75, 3.05) is 0 Å². The SMILES string of the molecule is c1ccc(-c2nc(Cc3cccs3)c[se]2)cc1. The van der Waals surface area contributed by atoms with Crippen LogP contribution in [0.2, 0.25) is 0 Å². The van der Waals surface area contributed by atoms with Crippen molar-refractivity contribution in [3.63, 3.8) is 0 Å². The molecule has 0 bridgehead atoms. The zero-order chi connectivity index (χ0) is 11.5. The van der Waals surface area contributed by atoms with E-state index in [2.05, 4.69) is 46.7 Å². The molecular weight excluding hydrogens is 293 g/mol. The van der Waals surface area contributed by atoms with Crippen molar-refractivity contribution in [3.05, 3.63) is 63.4 Å². The number of thiophene rings is 1. The monoisotopic (exact) mass is 305 g/mol. The van der Waals surface area contributed by atoms with E-state index < -0.39 is 0 Å². The van der Waals surface area contributed by atoms with Crippen LogP contribution in [0.25, 0.3) is 10.1 Å². The minimum atomic E-state index is 0.397. The van der Waals surface area contributed by atoms with Gasteiger partial charge in [-0.1, -0.05) is 0 Å². The molecule has 0 atom stereocenters. The van der Waals surface area contributed by atoms with E-state index in [4.69, 9.17) is 4.98 Å². The van der Waals surface area contributed by atoms with Crippen LogP contribution in [-0.2, 0) is 6.42 Å². The van der Waals surface area contributed by atoms with Gasteiger partial charge in [0.25, 0.3) is 0 Å². The average molecular weight is 304 g/mol. The normalized spacial score (nSPS) is 10.6. The Morgan fingerprint density at radius 3 is 2.71 bits per heavy atom. The Hall–Kier alpha value is -1.15. The molecule has 0 N–H and O–H groups in total. The standard InChI is InChI=1S/C14H11NSSe/c1-2-5-11(6-3-1)14-15-12(10-17-14)9-13-7-4-8-16-13/h1-8,10H,9H2. The molecule has 0 saturated heterocycles. The molecule has 0 radical (unpaired) electrons. The molecule has 2 heterocycles. The molecule has 2 aromatic heterocycles. The summed E-state index contributed by atoms with van der Waals surface area (Å²) in [7, 11) is 0. The van der Waals surface area contributed by atoms with Gasteiger partial charge in [-0.05, 0) is 0 Å². The van der Waals surface area contributed by atoms with Crippen molar-refractivity contribution >= 4 is 25.8 Å². The fourth-order valence-electron chi connectivity index (χ4n) is 1.69. The first-order chi connectivity index (χ1) is 8.42. The summed E-state index contributed by atoms with van der Waals surface area (Å²) in [6.45, 7) is 0. The molecule has 0 unspecified atom stereocenters. The third kappa shape index (κ3) is 2.58. The van der Waals surface area contributed by atoms with Crippen LogP contribution in [0.5, 0.6) is 0 Å². The van der Waals surface area contributed by atoms with Crippen LogP contribution >= 0.6 is 11.3 Å². The van der Waals surface area contributed by atoms with Gasteiger partial charge in [-0.25, -0.2) is 0 Å². The number of aromatic nitrogens is 1. The van der Waals surface area contributed by atoms with Crippen molar-refractivity contribution in [2.45, 2.75) is 6.42 Å². The Morgan fingerprint density at radius 1 is 1.06 bits per heavy atom. The molecule has 1 aromatic carbocycles. The molecule has 0 saturated carbocycles. The van der Waals surface area contributed by atoms with E-state index in [9.17, 15) is 0 Å². The summed E-state index contributed by atoms with van der Waals surface area (Å²) in [5, 5.41) is 2.12. The van der Waals surface area contributed by atoms with Crippen molar-refractivity contribution in [3.8, 4) is 10.1 Å². The van der Waals surface area contributed by atoms with Crippen LogP contribution in [0, 0.1) is 0 Å². The van der Waals surface area contributed by atoms with Crippen molar-refractivity contribution < 1.29 is 0 Å². The maximum atomic E-state index is 4.75. The van der Waals surface area contributed by atoms with E-state index in [1.807, 2.05) is 6.07 Å². The Balaban J connectivity index is 1.84. The number of hydrogen-bond acceptors (Lipinski definition) is 2. The molecule has 0 aliphatic rings. The van der Waals surface area contributed by atoms with Crippen LogP contribution in [0.15, 0.2) is 52.8 Å². The summed E-state index contributed by atoms with van der Waals surface area (Å²) in [5.41, 5.74) is 2.50. The summed E-state index contributed by atoms with van der Waals surface area (Å²) in [4.78, 5) is 8.44. The molecule has 17 heavy (non-hydrogen) atoms. The van der Waals surface area contributed by atoms with Crippen molar-refractivity contribution in [2.24, 2.45) is 0 Å². The summed E-state index contributed by atoms with van der Waals surface area (Å²) < 4.78 is 1.25. The number of rotatable bonds is 3. The van der Waals surface area contributed by atoms with Gasteiger partial charge in [-0.2, -0.15) is 0 Å². The van der Waals surface area contributed by atoms with Gasteiger partial charge in [-0.15, -0.1) is 0 Å². The molecule has 0 aliphatic heterocycles. The van der Waals surface area contributed by atoms with Crippen LogP contribution in [0.4, 0.5) is 0 Å². The second-order valence-corrected chi connectivity index (χ2v) is 6.60. The van der Waals surface area contributed by atoms with E-state index in [0.29, 0.717) is 14.5 Å². The first kappa shape index (κ1) is 11.0. The Labute approximate surface area is 111 Å². The minimum absolute atomic E-state index is 0.397. The van der Waals surface area contributed by atoms with E-state index in [1.165, 1.54) is 20.7 Å². The van der Waals surface area contributed by atoms with E-state index >= 15 is 0 Å². The van der Waals surface area contributed by atoms with Gasteiger partial charge < -0.3 is 0 Å². The Morgan fingerprint density at radius 2 is 1.94 bits per heavy atom. The topological polar surface area (TPSA) is 12.9 Å². The Kier molecular flexibility index (Phi) is 3.23. The van der Waals surface area contributed by atoms with Gasteiger partial charge in [0.15, 0.2) is 0 Å². The zero-order valence-electron chi connectivity index (χ0n) is 9.17. The second kappa shape index (κ2) is 5.01. The predicted octanol–water partition coefficient (Wildman–Crippen LogP) is 3.46. The van der Waals surface area contributed by atoms with Crippen LogP contribution in [-0.4, -0.2) is 19.5 Å². The first-order valence-electron chi connectivity index (χ1n) is 5.44. The average Bonchev–Trinajstić information content (AvgIpc) is 3.02. The molecule has 0 amide bonds. The van der Waals surface area contributed by atoms with E-state index in [0.717, 1.165) is 6.42 Å². The van der Waals surface area contributed by atoms with Gasteiger partial charge in [0.1, 0.15) is 0 Å². The summed E-state index contributed by atoms with van der Waals surface area (Å²) in [6.07, 6.45) is 0.982. The zero-order valence-corrected chi connectivity index (χ0v) is 11.7. The predicted molar refractivity (Wildman–Crippen MR) is 73.7 cm³/mol. The summed E-state index contributed by atoms with van der Waals surface area (Å²) in [5.74, 6) is 0. The van der Waals surface area contributed by atoms with Gasteiger partial charge in [0, 0.05) is 0 Å². The number of benzene rings is 1. The number of hydrogen-bond donors (Lipinski definition) is 0. The van der Waals surface area contributed by atoms with Crippen LogP contribution in [0.1, 0.15) is 10.6 Å². The first-order valence-corrected chi connectivity index (χ1v) is 8.16. The fraction of sp³-hybridized carbons (Fsp3) is 0.0714. The fourth-order valence-corrected chi connectivity index (χ4v) is 4.15. The van der Waals surface area contributed by atoms with Gasteiger partial charge in [-0.3, -0.25) is 0 Å². The van der Waals surface area contributed by atoms with Crippen LogP contribution in [0.3, 0.4) is 0 Å². The molecule has 84 valence electrons. The summed E-state index contributed by atoms with van der Waals surface area (Å²) in [6, 6.07) is 14.8. The van der Waals surface area contributed by atoms with Crippen LogP contribution < -0.4 is 0 Å². The molecule has 0 aliphatic carbocycles. The quantitative estimate of drug-likeness (QED) is 0.675. The number of nitrogens with zero attached hydrogens (tertiary/aromatic N) is 1. The van der Waals surface area contributed by atoms with Gasteiger partial charge in [0.2, 0.25) is 0 Å². The maximum absolute atomic E-state index is 4.75. The van der Waals surface area contributed by atoms with Gasteiger partial charge >= 0.3 is 111 Å². The van der Waals surface area contributed by atoms with E-state index in [1.54, 1.807) is 11.3 Å². The molecule has 3 rings (SSSR count). The molecule has 0 fully saturated rings. The molecule has 1 nitrogen and oxygen atoms in total. The van der Waals surface area contributed by atoms with E-state index in [-0.39, 0.29) is 0 Å². The molecular formula is C14H11NSSe. The van der Waals surface area contributed by atoms with Gasteiger partial charge in [0.05, 0.1) is 0 Å².